The summed E-state index contributed by atoms with van der Waals surface area (Å²) in [6.45, 7) is 6.68. The third-order valence-electron chi connectivity index (χ3n) is 3.78. The van der Waals surface area contributed by atoms with Gasteiger partial charge in [0.2, 0.25) is 5.89 Å². The van der Waals surface area contributed by atoms with Crippen LogP contribution in [0.4, 0.5) is 6.01 Å². The lowest BCUT2D eigenvalue weighted by Gasteiger charge is -2.11. The first-order valence-corrected chi connectivity index (χ1v) is 8.57. The van der Waals surface area contributed by atoms with Crippen molar-refractivity contribution in [2.45, 2.75) is 20.8 Å². The highest BCUT2D eigenvalue weighted by atomic mass is 16.5. The lowest BCUT2D eigenvalue weighted by molar-refractivity contribution is 0.101. The zero-order valence-corrected chi connectivity index (χ0v) is 15.6. The van der Waals surface area contributed by atoms with E-state index in [0.29, 0.717) is 30.3 Å². The van der Waals surface area contributed by atoms with Crippen molar-refractivity contribution in [1.82, 2.24) is 20.0 Å². The second kappa shape index (κ2) is 7.90. The molecule has 0 bridgehead atoms. The Labute approximate surface area is 156 Å². The van der Waals surface area contributed by atoms with Gasteiger partial charge in [0.25, 0.3) is 5.91 Å². The van der Waals surface area contributed by atoms with Crippen LogP contribution >= 0.6 is 0 Å². The van der Waals surface area contributed by atoms with Crippen molar-refractivity contribution >= 4 is 11.9 Å². The van der Waals surface area contributed by atoms with E-state index < -0.39 is 5.91 Å². The Hall–Kier alpha value is -3.36. The maximum absolute atomic E-state index is 12.2. The van der Waals surface area contributed by atoms with Gasteiger partial charge in [0.15, 0.2) is 17.2 Å². The van der Waals surface area contributed by atoms with E-state index in [0.717, 1.165) is 5.69 Å². The van der Waals surface area contributed by atoms with E-state index in [1.54, 1.807) is 36.0 Å². The normalized spacial score (nSPS) is 10.7. The van der Waals surface area contributed by atoms with Crippen LogP contribution in [-0.4, -0.2) is 39.1 Å². The number of carbonyl (C=O) groups is 1. The summed E-state index contributed by atoms with van der Waals surface area (Å²) in [4.78, 5) is 12.2. The molecular formula is C18H21N5O4. The number of nitrogens with zero attached hydrogens (tertiary/aromatic N) is 4. The first kappa shape index (κ1) is 18.4. The number of carbonyl (C=O) groups excluding carboxylic acids is 1. The summed E-state index contributed by atoms with van der Waals surface area (Å²) in [5.74, 6) is 1.06. The molecule has 0 spiro atoms. The zero-order chi connectivity index (χ0) is 19.4. The van der Waals surface area contributed by atoms with E-state index in [-0.39, 0.29) is 17.6 Å². The highest BCUT2D eigenvalue weighted by molar-refractivity contribution is 6.01. The maximum Gasteiger partial charge on any atom is 0.322 e. The van der Waals surface area contributed by atoms with Crippen molar-refractivity contribution in [3.05, 3.63) is 35.7 Å². The number of aryl methyl sites for hydroxylation is 2. The van der Waals surface area contributed by atoms with Gasteiger partial charge < -0.3 is 13.9 Å². The smallest absolute Gasteiger partial charge is 0.322 e. The number of rotatable bonds is 7. The summed E-state index contributed by atoms with van der Waals surface area (Å²) < 4.78 is 18.3. The van der Waals surface area contributed by atoms with E-state index in [1.165, 1.54) is 0 Å². The molecule has 1 aromatic carbocycles. The van der Waals surface area contributed by atoms with Gasteiger partial charge in [0.05, 0.1) is 13.2 Å². The third kappa shape index (κ3) is 4.08. The number of nitrogens with one attached hydrogen (secondary N) is 1. The first-order valence-electron chi connectivity index (χ1n) is 8.57. The molecule has 1 N–H and O–H groups in total. The van der Waals surface area contributed by atoms with Crippen LogP contribution in [0.1, 0.15) is 30.0 Å². The topological polar surface area (TPSA) is 104 Å². The SMILES string of the molecule is CCOc1ccc(-c2nnc(NC(=O)c3cc(C)n(C)n3)o2)cc1OCC. The second-order valence-corrected chi connectivity index (χ2v) is 5.69. The van der Waals surface area contributed by atoms with Crippen LogP contribution in [0.5, 0.6) is 11.5 Å². The van der Waals surface area contributed by atoms with Gasteiger partial charge in [-0.15, -0.1) is 5.10 Å². The summed E-state index contributed by atoms with van der Waals surface area (Å²) in [7, 11) is 1.76. The molecule has 0 aliphatic rings. The quantitative estimate of drug-likeness (QED) is 0.681. The Morgan fingerprint density at radius 3 is 2.56 bits per heavy atom. The zero-order valence-electron chi connectivity index (χ0n) is 15.6. The van der Waals surface area contributed by atoms with Gasteiger partial charge in [-0.3, -0.25) is 14.8 Å². The highest BCUT2D eigenvalue weighted by Crippen LogP contribution is 2.32. The minimum absolute atomic E-state index is 0.00912. The summed E-state index contributed by atoms with van der Waals surface area (Å²) in [5.41, 5.74) is 1.79. The number of ether oxygens (including phenoxy) is 2. The minimum atomic E-state index is -0.421. The van der Waals surface area contributed by atoms with Crippen LogP contribution in [0.25, 0.3) is 11.5 Å². The van der Waals surface area contributed by atoms with Gasteiger partial charge in [-0.2, -0.15) is 5.10 Å². The number of aromatic nitrogens is 4. The molecule has 142 valence electrons. The molecule has 1 amide bonds. The molecule has 0 aliphatic carbocycles. The molecular weight excluding hydrogens is 350 g/mol. The molecule has 0 saturated heterocycles. The fourth-order valence-electron chi connectivity index (χ4n) is 2.41. The monoisotopic (exact) mass is 371 g/mol. The Bertz CT molecular complexity index is 928. The number of hydrogen-bond donors (Lipinski definition) is 1. The van der Waals surface area contributed by atoms with Crippen LogP contribution < -0.4 is 14.8 Å². The molecule has 0 fully saturated rings. The third-order valence-corrected chi connectivity index (χ3v) is 3.78. The lowest BCUT2D eigenvalue weighted by atomic mass is 10.2. The Balaban J connectivity index is 1.78. The van der Waals surface area contributed by atoms with Gasteiger partial charge in [0, 0.05) is 18.3 Å². The van der Waals surface area contributed by atoms with Crippen molar-refractivity contribution in [3.63, 3.8) is 0 Å². The molecule has 27 heavy (non-hydrogen) atoms. The van der Waals surface area contributed by atoms with Crippen LogP contribution in [-0.2, 0) is 7.05 Å². The van der Waals surface area contributed by atoms with Crippen LogP contribution in [0.15, 0.2) is 28.7 Å². The summed E-state index contributed by atoms with van der Waals surface area (Å²) in [6.07, 6.45) is 0. The molecule has 9 nitrogen and oxygen atoms in total. The average molecular weight is 371 g/mol. The minimum Gasteiger partial charge on any atom is -0.490 e. The predicted molar refractivity (Wildman–Crippen MR) is 98.0 cm³/mol. The van der Waals surface area contributed by atoms with Crippen molar-refractivity contribution in [2.24, 2.45) is 7.05 Å². The lowest BCUT2D eigenvalue weighted by Crippen LogP contribution is -2.13. The predicted octanol–water partition coefficient (Wildman–Crippen LogP) is 2.83. The molecule has 3 rings (SSSR count). The number of benzene rings is 1. The molecule has 3 aromatic rings. The van der Waals surface area contributed by atoms with Crippen LogP contribution in [0.3, 0.4) is 0 Å². The second-order valence-electron chi connectivity index (χ2n) is 5.69. The summed E-state index contributed by atoms with van der Waals surface area (Å²) >= 11 is 0. The molecule has 0 unspecified atom stereocenters. The molecule has 0 saturated carbocycles. The van der Waals surface area contributed by atoms with Crippen molar-refractivity contribution < 1.29 is 18.7 Å². The van der Waals surface area contributed by atoms with Gasteiger partial charge in [-0.05, 0) is 45.0 Å². The van der Waals surface area contributed by atoms with Gasteiger partial charge in [0.1, 0.15) is 0 Å². The summed E-state index contributed by atoms with van der Waals surface area (Å²) in [6, 6.07) is 6.99. The van der Waals surface area contributed by atoms with Gasteiger partial charge in [-0.25, -0.2) is 0 Å². The number of amides is 1. The molecule has 9 heteroatoms. The molecule has 2 aromatic heterocycles. The van der Waals surface area contributed by atoms with E-state index in [9.17, 15) is 4.79 Å². The van der Waals surface area contributed by atoms with Crippen LogP contribution in [0.2, 0.25) is 0 Å². The first-order chi connectivity index (χ1) is 13.0. The molecule has 0 radical (unpaired) electrons. The molecule has 2 heterocycles. The van der Waals surface area contributed by atoms with E-state index >= 15 is 0 Å². The van der Waals surface area contributed by atoms with E-state index in [4.69, 9.17) is 13.9 Å². The standard InChI is InChI=1S/C18H21N5O4/c1-5-25-14-8-7-12(10-15(14)26-6-2)17-20-21-18(27-17)19-16(24)13-9-11(3)23(4)22-13/h7-10H,5-6H2,1-4H3,(H,19,21,24). The molecule has 0 atom stereocenters. The van der Waals surface area contributed by atoms with Crippen molar-refractivity contribution in [3.8, 4) is 23.0 Å². The Morgan fingerprint density at radius 2 is 1.89 bits per heavy atom. The highest BCUT2D eigenvalue weighted by Gasteiger charge is 2.17. The van der Waals surface area contributed by atoms with Gasteiger partial charge >= 0.3 is 6.01 Å². The molecule has 0 aliphatic heterocycles. The van der Waals surface area contributed by atoms with Gasteiger partial charge in [-0.1, -0.05) is 5.10 Å². The van der Waals surface area contributed by atoms with E-state index in [1.807, 2.05) is 20.8 Å². The van der Waals surface area contributed by atoms with Crippen molar-refractivity contribution in [1.29, 1.82) is 0 Å². The average Bonchev–Trinajstić information content (AvgIpc) is 3.24. The number of hydrogen-bond acceptors (Lipinski definition) is 7. The fourth-order valence-corrected chi connectivity index (χ4v) is 2.41. The van der Waals surface area contributed by atoms with Crippen LogP contribution in [0, 0.1) is 6.92 Å². The van der Waals surface area contributed by atoms with E-state index in [2.05, 4.69) is 20.6 Å². The Morgan fingerprint density at radius 1 is 1.15 bits per heavy atom. The Kier molecular flexibility index (Phi) is 5.39. The maximum atomic E-state index is 12.2. The summed E-state index contributed by atoms with van der Waals surface area (Å²) in [5, 5.41) is 14.5. The van der Waals surface area contributed by atoms with Crippen molar-refractivity contribution in [2.75, 3.05) is 18.5 Å². The fraction of sp³-hybridized carbons (Fsp3) is 0.333. The largest absolute Gasteiger partial charge is 0.490 e. The number of anilines is 1.